The van der Waals surface area contributed by atoms with E-state index in [1.165, 1.54) is 5.56 Å². The fourth-order valence-electron chi connectivity index (χ4n) is 3.55. The summed E-state index contributed by atoms with van der Waals surface area (Å²) in [7, 11) is 4.09. The molecule has 1 aliphatic heterocycles. The molecule has 0 saturated carbocycles. The molecular weight excluding hydrogens is 354 g/mol. The lowest BCUT2D eigenvalue weighted by atomic mass is 10.1. The standard InChI is InChI=1S/C20H25N7O/c1-25(2)12-14-3-4-19(22-11-14)26-5-7-27(8-6-26)20(28)15-9-17-18(10-16(15)21)24-13-23-17/h3-4,9-11,13H,5-8,12,21H2,1-2H3,(H,23,24). The molecule has 0 atom stereocenters. The van der Waals surface area contributed by atoms with Gasteiger partial charge in [0.25, 0.3) is 5.91 Å². The third-order valence-corrected chi connectivity index (χ3v) is 5.02. The first-order valence-corrected chi connectivity index (χ1v) is 9.38. The van der Waals surface area contributed by atoms with Crippen LogP contribution in [0.1, 0.15) is 15.9 Å². The molecule has 3 aromatic rings. The molecule has 8 nitrogen and oxygen atoms in total. The van der Waals surface area contributed by atoms with Gasteiger partial charge in [-0.1, -0.05) is 6.07 Å². The Labute approximate surface area is 164 Å². The van der Waals surface area contributed by atoms with Crippen LogP contribution in [0.25, 0.3) is 11.0 Å². The van der Waals surface area contributed by atoms with Gasteiger partial charge < -0.3 is 25.4 Å². The Kier molecular flexibility index (Phi) is 4.87. The van der Waals surface area contributed by atoms with Crippen molar-refractivity contribution in [2.45, 2.75) is 6.54 Å². The topological polar surface area (TPSA) is 94.4 Å². The maximum absolute atomic E-state index is 12.9. The lowest BCUT2D eigenvalue weighted by Crippen LogP contribution is -2.49. The second kappa shape index (κ2) is 7.47. The molecule has 0 aliphatic carbocycles. The van der Waals surface area contributed by atoms with Gasteiger partial charge in [-0.25, -0.2) is 9.97 Å². The van der Waals surface area contributed by atoms with E-state index in [0.717, 1.165) is 36.5 Å². The van der Waals surface area contributed by atoms with E-state index in [1.807, 2.05) is 25.2 Å². The van der Waals surface area contributed by atoms with Gasteiger partial charge in [0, 0.05) is 44.6 Å². The van der Waals surface area contributed by atoms with Crippen LogP contribution in [0, 0.1) is 0 Å². The molecule has 0 spiro atoms. The summed E-state index contributed by atoms with van der Waals surface area (Å²) in [5.41, 5.74) is 9.85. The van der Waals surface area contributed by atoms with Crippen LogP contribution in [0.3, 0.4) is 0 Å². The summed E-state index contributed by atoms with van der Waals surface area (Å²) in [6, 6.07) is 7.70. The molecule has 3 N–H and O–H groups in total. The predicted octanol–water partition coefficient (Wildman–Crippen LogP) is 1.56. The van der Waals surface area contributed by atoms with Crippen LogP contribution in [0.15, 0.2) is 36.8 Å². The van der Waals surface area contributed by atoms with Crippen molar-refractivity contribution in [1.29, 1.82) is 0 Å². The molecule has 1 fully saturated rings. The number of hydrogen-bond donors (Lipinski definition) is 2. The Hall–Kier alpha value is -3.13. The van der Waals surface area contributed by atoms with E-state index in [9.17, 15) is 4.79 Å². The van der Waals surface area contributed by atoms with Gasteiger partial charge in [-0.2, -0.15) is 0 Å². The molecule has 0 unspecified atom stereocenters. The fraction of sp³-hybridized carbons (Fsp3) is 0.350. The molecule has 146 valence electrons. The first-order chi connectivity index (χ1) is 13.5. The Bertz CT molecular complexity index is 972. The number of pyridine rings is 1. The van der Waals surface area contributed by atoms with Crippen molar-refractivity contribution in [3.05, 3.63) is 47.9 Å². The van der Waals surface area contributed by atoms with Gasteiger partial charge in [0.05, 0.1) is 22.9 Å². The molecule has 1 aliphatic rings. The fourth-order valence-corrected chi connectivity index (χ4v) is 3.55. The van der Waals surface area contributed by atoms with E-state index >= 15 is 0 Å². The number of piperazine rings is 1. The van der Waals surface area contributed by atoms with Crippen LogP contribution in [0.4, 0.5) is 11.5 Å². The summed E-state index contributed by atoms with van der Waals surface area (Å²) >= 11 is 0. The van der Waals surface area contributed by atoms with E-state index in [-0.39, 0.29) is 5.91 Å². The van der Waals surface area contributed by atoms with Gasteiger partial charge in [0.1, 0.15) is 5.82 Å². The molecule has 1 amide bonds. The number of hydrogen-bond acceptors (Lipinski definition) is 6. The van der Waals surface area contributed by atoms with Gasteiger partial charge in [-0.15, -0.1) is 0 Å². The van der Waals surface area contributed by atoms with Crippen molar-refractivity contribution in [3.63, 3.8) is 0 Å². The quantitative estimate of drug-likeness (QED) is 0.668. The van der Waals surface area contributed by atoms with Gasteiger partial charge >= 0.3 is 0 Å². The van der Waals surface area contributed by atoms with E-state index < -0.39 is 0 Å². The predicted molar refractivity (Wildman–Crippen MR) is 110 cm³/mol. The second-order valence-corrected chi connectivity index (χ2v) is 7.40. The highest BCUT2D eigenvalue weighted by Gasteiger charge is 2.24. The minimum Gasteiger partial charge on any atom is -0.398 e. The zero-order valence-corrected chi connectivity index (χ0v) is 16.2. The van der Waals surface area contributed by atoms with Crippen molar-refractivity contribution in [1.82, 2.24) is 24.8 Å². The largest absolute Gasteiger partial charge is 0.398 e. The van der Waals surface area contributed by atoms with Crippen LogP contribution < -0.4 is 10.6 Å². The number of anilines is 2. The normalized spacial score (nSPS) is 14.8. The van der Waals surface area contributed by atoms with Crippen LogP contribution in [0.2, 0.25) is 0 Å². The van der Waals surface area contributed by atoms with Crippen LogP contribution >= 0.6 is 0 Å². The second-order valence-electron chi connectivity index (χ2n) is 7.40. The molecule has 2 aromatic heterocycles. The lowest BCUT2D eigenvalue weighted by molar-refractivity contribution is 0.0747. The van der Waals surface area contributed by atoms with Crippen molar-refractivity contribution < 1.29 is 4.79 Å². The number of imidazole rings is 1. The lowest BCUT2D eigenvalue weighted by Gasteiger charge is -2.35. The summed E-state index contributed by atoms with van der Waals surface area (Å²) in [6.45, 7) is 3.65. The van der Waals surface area contributed by atoms with Gasteiger partial charge in [0.2, 0.25) is 0 Å². The van der Waals surface area contributed by atoms with E-state index in [1.54, 1.807) is 18.5 Å². The summed E-state index contributed by atoms with van der Waals surface area (Å²) in [5.74, 6) is 0.913. The number of carbonyl (C=O) groups is 1. The molecule has 8 heteroatoms. The first-order valence-electron chi connectivity index (χ1n) is 9.38. The third kappa shape index (κ3) is 3.63. The smallest absolute Gasteiger partial charge is 0.256 e. The van der Waals surface area contributed by atoms with Gasteiger partial charge in [0.15, 0.2) is 0 Å². The van der Waals surface area contributed by atoms with Crippen LogP contribution in [-0.4, -0.2) is 70.9 Å². The Morgan fingerprint density at radius 2 is 1.96 bits per heavy atom. The highest BCUT2D eigenvalue weighted by atomic mass is 16.2. The number of nitrogen functional groups attached to an aromatic ring is 1. The molecule has 4 rings (SSSR count). The number of aromatic nitrogens is 3. The molecule has 1 aromatic carbocycles. The SMILES string of the molecule is CN(C)Cc1ccc(N2CCN(C(=O)c3cc4[nH]cnc4cc3N)CC2)nc1. The van der Waals surface area contributed by atoms with Gasteiger partial charge in [-0.3, -0.25) is 4.79 Å². The summed E-state index contributed by atoms with van der Waals surface area (Å²) in [6.07, 6.45) is 3.53. The molecule has 0 bridgehead atoms. The van der Waals surface area contributed by atoms with Crippen LogP contribution in [-0.2, 0) is 6.54 Å². The average molecular weight is 379 g/mol. The number of nitrogens with two attached hydrogens (primary N) is 1. The minimum absolute atomic E-state index is 0.0389. The molecular formula is C20H25N7O. The summed E-state index contributed by atoms with van der Waals surface area (Å²) in [4.78, 5) is 30.9. The van der Waals surface area contributed by atoms with Crippen molar-refractivity contribution in [3.8, 4) is 0 Å². The molecule has 1 saturated heterocycles. The molecule has 0 radical (unpaired) electrons. The maximum atomic E-state index is 12.9. The Balaban J connectivity index is 1.41. The first kappa shape index (κ1) is 18.2. The summed E-state index contributed by atoms with van der Waals surface area (Å²) < 4.78 is 0. The Morgan fingerprint density at radius 1 is 1.18 bits per heavy atom. The number of H-pyrrole nitrogens is 1. The summed E-state index contributed by atoms with van der Waals surface area (Å²) in [5, 5.41) is 0. The van der Waals surface area contributed by atoms with E-state index in [0.29, 0.717) is 24.3 Å². The number of fused-ring (bicyclic) bond motifs is 1. The highest BCUT2D eigenvalue weighted by Crippen LogP contribution is 2.22. The highest BCUT2D eigenvalue weighted by molar-refractivity contribution is 6.02. The number of rotatable bonds is 4. The van der Waals surface area contributed by atoms with Crippen LogP contribution in [0.5, 0.6) is 0 Å². The maximum Gasteiger partial charge on any atom is 0.256 e. The van der Waals surface area contributed by atoms with Gasteiger partial charge in [-0.05, 0) is 37.9 Å². The molecule has 3 heterocycles. The van der Waals surface area contributed by atoms with Crippen molar-refractivity contribution >= 4 is 28.4 Å². The number of nitrogens with zero attached hydrogens (tertiary/aromatic N) is 5. The average Bonchev–Trinajstić information content (AvgIpc) is 3.14. The zero-order chi connectivity index (χ0) is 19.7. The van der Waals surface area contributed by atoms with E-state index in [2.05, 4.69) is 36.9 Å². The van der Waals surface area contributed by atoms with E-state index in [4.69, 9.17) is 5.73 Å². The zero-order valence-electron chi connectivity index (χ0n) is 16.2. The molecule has 28 heavy (non-hydrogen) atoms. The number of aromatic amines is 1. The number of nitrogens with one attached hydrogen (secondary N) is 1. The van der Waals surface area contributed by atoms with Crippen molar-refractivity contribution in [2.75, 3.05) is 50.9 Å². The number of carbonyl (C=O) groups excluding carboxylic acids is 1. The Morgan fingerprint density at radius 3 is 2.64 bits per heavy atom. The minimum atomic E-state index is -0.0389. The number of benzene rings is 1. The third-order valence-electron chi connectivity index (χ3n) is 5.02. The monoisotopic (exact) mass is 379 g/mol. The van der Waals surface area contributed by atoms with Crippen molar-refractivity contribution in [2.24, 2.45) is 0 Å². The number of amides is 1.